The number of hydrogen-bond acceptors (Lipinski definition) is 2. The van der Waals surface area contributed by atoms with Gasteiger partial charge in [-0.15, -0.1) is 6.58 Å². The van der Waals surface area contributed by atoms with E-state index in [0.717, 1.165) is 12.2 Å². The third kappa shape index (κ3) is 2.42. The van der Waals surface area contributed by atoms with Crippen LogP contribution >= 0.6 is 11.6 Å². The van der Waals surface area contributed by atoms with Crippen molar-refractivity contribution in [3.63, 3.8) is 0 Å². The summed E-state index contributed by atoms with van der Waals surface area (Å²) in [5.74, 6) is 0.429. The Morgan fingerprint density at radius 3 is 3.12 bits per heavy atom. The number of carbonyl (C=O) groups is 1. The SMILES string of the molecule is C=CC1CC(=O)N(Cc2cc(Cl)ccn2)C1. The van der Waals surface area contributed by atoms with Crippen LogP contribution in [0, 0.1) is 5.92 Å². The average Bonchev–Trinajstić information content (AvgIpc) is 2.60. The Hall–Kier alpha value is -1.35. The van der Waals surface area contributed by atoms with Crippen LogP contribution in [0.25, 0.3) is 0 Å². The van der Waals surface area contributed by atoms with E-state index in [1.54, 1.807) is 23.2 Å². The van der Waals surface area contributed by atoms with Crippen molar-refractivity contribution < 1.29 is 4.79 Å². The molecule has 1 aliphatic rings. The van der Waals surface area contributed by atoms with Crippen LogP contribution in [0.15, 0.2) is 31.0 Å². The van der Waals surface area contributed by atoms with Gasteiger partial charge in [0.25, 0.3) is 0 Å². The van der Waals surface area contributed by atoms with E-state index in [0.29, 0.717) is 18.0 Å². The summed E-state index contributed by atoms with van der Waals surface area (Å²) in [7, 11) is 0. The summed E-state index contributed by atoms with van der Waals surface area (Å²) >= 11 is 5.86. The predicted molar refractivity (Wildman–Crippen MR) is 63.0 cm³/mol. The molecule has 0 bridgehead atoms. The number of pyridine rings is 1. The van der Waals surface area contributed by atoms with Gasteiger partial charge in [-0.3, -0.25) is 9.78 Å². The number of amides is 1. The molecule has 1 saturated heterocycles. The van der Waals surface area contributed by atoms with Crippen LogP contribution in [0.2, 0.25) is 5.02 Å². The molecular weight excluding hydrogens is 224 g/mol. The van der Waals surface area contributed by atoms with E-state index >= 15 is 0 Å². The molecule has 16 heavy (non-hydrogen) atoms. The molecule has 0 radical (unpaired) electrons. The number of hydrogen-bond donors (Lipinski definition) is 0. The molecule has 1 aromatic rings. The number of nitrogens with zero attached hydrogens (tertiary/aromatic N) is 2. The van der Waals surface area contributed by atoms with Crippen LogP contribution in [0.3, 0.4) is 0 Å². The van der Waals surface area contributed by atoms with Gasteiger partial charge in [-0.2, -0.15) is 0 Å². The lowest BCUT2D eigenvalue weighted by Crippen LogP contribution is -2.24. The number of rotatable bonds is 3. The second-order valence-electron chi connectivity index (χ2n) is 3.94. The lowest BCUT2D eigenvalue weighted by molar-refractivity contribution is -0.128. The molecule has 2 heterocycles. The third-order valence-electron chi connectivity index (χ3n) is 2.71. The molecule has 1 fully saturated rings. The van der Waals surface area contributed by atoms with Gasteiger partial charge in [0.15, 0.2) is 0 Å². The van der Waals surface area contributed by atoms with E-state index in [2.05, 4.69) is 11.6 Å². The van der Waals surface area contributed by atoms with Gasteiger partial charge in [0.2, 0.25) is 5.91 Å². The van der Waals surface area contributed by atoms with Crippen LogP contribution in [0.5, 0.6) is 0 Å². The first-order valence-electron chi connectivity index (χ1n) is 5.20. The van der Waals surface area contributed by atoms with Gasteiger partial charge in [0, 0.05) is 30.1 Å². The lowest BCUT2D eigenvalue weighted by Gasteiger charge is -2.15. The Labute approximate surface area is 99.7 Å². The number of aromatic nitrogens is 1. The normalized spacial score (nSPS) is 20.2. The fraction of sp³-hybridized carbons (Fsp3) is 0.333. The van der Waals surface area contributed by atoms with Crippen LogP contribution in [-0.2, 0) is 11.3 Å². The highest BCUT2D eigenvalue weighted by Gasteiger charge is 2.27. The van der Waals surface area contributed by atoms with Gasteiger partial charge >= 0.3 is 0 Å². The number of likely N-dealkylation sites (tertiary alicyclic amines) is 1. The molecule has 1 aliphatic heterocycles. The summed E-state index contributed by atoms with van der Waals surface area (Å²) in [6, 6.07) is 3.51. The Kier molecular flexibility index (Phi) is 3.25. The Morgan fingerprint density at radius 1 is 1.69 bits per heavy atom. The van der Waals surface area contributed by atoms with Gasteiger partial charge in [-0.25, -0.2) is 0 Å². The zero-order chi connectivity index (χ0) is 11.5. The summed E-state index contributed by atoms with van der Waals surface area (Å²) in [5, 5.41) is 0.650. The topological polar surface area (TPSA) is 33.2 Å². The van der Waals surface area contributed by atoms with Crippen LogP contribution in [-0.4, -0.2) is 22.3 Å². The van der Waals surface area contributed by atoms with E-state index in [1.165, 1.54) is 0 Å². The maximum Gasteiger partial charge on any atom is 0.223 e. The minimum absolute atomic E-state index is 0.159. The fourth-order valence-electron chi connectivity index (χ4n) is 1.84. The van der Waals surface area contributed by atoms with Gasteiger partial charge in [0.05, 0.1) is 12.2 Å². The molecule has 1 amide bonds. The van der Waals surface area contributed by atoms with Gasteiger partial charge in [0.1, 0.15) is 0 Å². The third-order valence-corrected chi connectivity index (χ3v) is 2.94. The van der Waals surface area contributed by atoms with Crippen molar-refractivity contribution >= 4 is 17.5 Å². The number of halogens is 1. The quantitative estimate of drug-likeness (QED) is 0.755. The molecule has 1 aromatic heterocycles. The molecule has 84 valence electrons. The van der Waals surface area contributed by atoms with E-state index in [-0.39, 0.29) is 11.8 Å². The van der Waals surface area contributed by atoms with E-state index in [9.17, 15) is 4.79 Å². The van der Waals surface area contributed by atoms with Crippen molar-refractivity contribution in [3.05, 3.63) is 41.7 Å². The fourth-order valence-corrected chi connectivity index (χ4v) is 2.03. The van der Waals surface area contributed by atoms with Crippen molar-refractivity contribution in [2.24, 2.45) is 5.92 Å². The summed E-state index contributed by atoms with van der Waals surface area (Å²) < 4.78 is 0. The second kappa shape index (κ2) is 4.66. The molecule has 0 spiro atoms. The Morgan fingerprint density at radius 2 is 2.50 bits per heavy atom. The van der Waals surface area contributed by atoms with Crippen LogP contribution in [0.4, 0.5) is 0 Å². The summed E-state index contributed by atoms with van der Waals surface area (Å²) in [5.41, 5.74) is 0.825. The highest BCUT2D eigenvalue weighted by atomic mass is 35.5. The first-order chi connectivity index (χ1) is 7.69. The minimum Gasteiger partial charge on any atom is -0.336 e. The Balaban J connectivity index is 2.05. The summed E-state index contributed by atoms with van der Waals surface area (Å²) in [4.78, 5) is 17.6. The first-order valence-corrected chi connectivity index (χ1v) is 5.57. The summed E-state index contributed by atoms with van der Waals surface area (Å²) in [6.07, 6.45) is 4.05. The first kappa shape index (κ1) is 11.1. The average molecular weight is 237 g/mol. The maximum absolute atomic E-state index is 11.7. The van der Waals surface area contributed by atoms with E-state index in [1.807, 2.05) is 6.08 Å². The van der Waals surface area contributed by atoms with Crippen molar-refractivity contribution in [2.45, 2.75) is 13.0 Å². The van der Waals surface area contributed by atoms with Crippen LogP contribution < -0.4 is 0 Å². The van der Waals surface area contributed by atoms with Crippen molar-refractivity contribution in [1.29, 1.82) is 0 Å². The molecule has 1 unspecified atom stereocenters. The van der Waals surface area contributed by atoms with Crippen molar-refractivity contribution in [1.82, 2.24) is 9.88 Å². The maximum atomic E-state index is 11.7. The van der Waals surface area contributed by atoms with E-state index in [4.69, 9.17) is 11.6 Å². The molecule has 0 aromatic carbocycles. The molecule has 0 N–H and O–H groups in total. The highest BCUT2D eigenvalue weighted by Crippen LogP contribution is 2.20. The van der Waals surface area contributed by atoms with Crippen molar-refractivity contribution in [3.8, 4) is 0 Å². The highest BCUT2D eigenvalue weighted by molar-refractivity contribution is 6.30. The smallest absolute Gasteiger partial charge is 0.223 e. The molecule has 0 saturated carbocycles. The van der Waals surface area contributed by atoms with Crippen LogP contribution in [0.1, 0.15) is 12.1 Å². The molecule has 3 nitrogen and oxygen atoms in total. The molecule has 0 aliphatic carbocycles. The standard InChI is InChI=1S/C12H13ClN2O/c1-2-9-5-12(16)15(7-9)8-11-6-10(13)3-4-14-11/h2-4,6,9H,1,5,7-8H2. The monoisotopic (exact) mass is 236 g/mol. The molecule has 2 rings (SSSR count). The van der Waals surface area contributed by atoms with Crippen molar-refractivity contribution in [2.75, 3.05) is 6.54 Å². The largest absolute Gasteiger partial charge is 0.336 e. The zero-order valence-electron chi connectivity index (χ0n) is 8.90. The Bertz CT molecular complexity index is 419. The minimum atomic E-state index is 0.159. The second-order valence-corrected chi connectivity index (χ2v) is 4.38. The van der Waals surface area contributed by atoms with Gasteiger partial charge in [-0.1, -0.05) is 17.7 Å². The van der Waals surface area contributed by atoms with E-state index < -0.39 is 0 Å². The lowest BCUT2D eigenvalue weighted by atomic mass is 10.1. The van der Waals surface area contributed by atoms with Gasteiger partial charge < -0.3 is 4.90 Å². The zero-order valence-corrected chi connectivity index (χ0v) is 9.65. The molecular formula is C12H13ClN2O. The predicted octanol–water partition coefficient (Wildman–Crippen LogP) is 2.27. The van der Waals surface area contributed by atoms with Gasteiger partial charge in [-0.05, 0) is 12.1 Å². The number of carbonyl (C=O) groups excluding carboxylic acids is 1. The molecule has 1 atom stereocenters. The molecule has 4 heteroatoms. The summed E-state index contributed by atoms with van der Waals surface area (Å²) in [6.45, 7) is 4.98.